The summed E-state index contributed by atoms with van der Waals surface area (Å²) >= 11 is 0. The van der Waals surface area contributed by atoms with E-state index in [0.717, 1.165) is 17.2 Å². The van der Waals surface area contributed by atoms with Crippen LogP contribution in [0.1, 0.15) is 0 Å². The molecular formula is C42H25BN2O. The van der Waals surface area contributed by atoms with E-state index >= 15 is 0 Å². The SMILES string of the molecule is c1ccc(-c2c3c(cc4c5cccc6c5n(c24)-c2cccc4c2B6c2ccccc2O4)c2ccccc2n3-c2ccccc2)cc1. The van der Waals surface area contributed by atoms with Crippen LogP contribution < -0.4 is 21.1 Å². The second-order valence-electron chi connectivity index (χ2n) is 12.4. The summed E-state index contributed by atoms with van der Waals surface area (Å²) in [5.41, 5.74) is 13.5. The first-order valence-electron chi connectivity index (χ1n) is 15.9. The zero-order valence-electron chi connectivity index (χ0n) is 24.8. The van der Waals surface area contributed by atoms with Crippen LogP contribution >= 0.6 is 0 Å². The van der Waals surface area contributed by atoms with Crippen LogP contribution in [0.3, 0.4) is 0 Å². The minimum Gasteiger partial charge on any atom is -0.458 e. The van der Waals surface area contributed by atoms with Crippen LogP contribution in [-0.2, 0) is 0 Å². The van der Waals surface area contributed by atoms with Gasteiger partial charge in [-0.2, -0.15) is 0 Å². The van der Waals surface area contributed by atoms with Gasteiger partial charge in [-0.15, -0.1) is 0 Å². The number of para-hydroxylation sites is 4. The van der Waals surface area contributed by atoms with E-state index in [1.807, 2.05) is 0 Å². The van der Waals surface area contributed by atoms with E-state index < -0.39 is 0 Å². The van der Waals surface area contributed by atoms with Crippen LogP contribution in [0.4, 0.5) is 0 Å². The predicted octanol–water partition coefficient (Wildman–Crippen LogP) is 8.48. The molecule has 0 saturated heterocycles. The number of ether oxygens (including phenoxy) is 1. The Hall–Kier alpha value is -6.00. The lowest BCUT2D eigenvalue weighted by Gasteiger charge is -2.33. The molecule has 2 aliphatic rings. The van der Waals surface area contributed by atoms with Crippen molar-refractivity contribution in [3.8, 4) is 34.0 Å². The van der Waals surface area contributed by atoms with Gasteiger partial charge in [-0.25, -0.2) is 0 Å². The van der Waals surface area contributed by atoms with Gasteiger partial charge in [-0.05, 0) is 64.4 Å². The molecule has 0 bridgehead atoms. The van der Waals surface area contributed by atoms with Gasteiger partial charge in [0.2, 0.25) is 0 Å². The molecular weight excluding hydrogens is 559 g/mol. The molecule has 0 spiro atoms. The molecule has 4 heteroatoms. The zero-order chi connectivity index (χ0) is 29.9. The van der Waals surface area contributed by atoms with Crippen molar-refractivity contribution in [3.05, 3.63) is 152 Å². The lowest BCUT2D eigenvalue weighted by atomic mass is 9.34. The summed E-state index contributed by atoms with van der Waals surface area (Å²) in [4.78, 5) is 0. The Kier molecular flexibility index (Phi) is 4.66. The first-order valence-corrected chi connectivity index (χ1v) is 15.9. The molecule has 46 heavy (non-hydrogen) atoms. The molecule has 0 atom stereocenters. The molecule has 4 heterocycles. The van der Waals surface area contributed by atoms with E-state index in [1.54, 1.807) is 0 Å². The van der Waals surface area contributed by atoms with Crippen LogP contribution in [0, 0.1) is 0 Å². The van der Waals surface area contributed by atoms with Crippen molar-refractivity contribution in [2.24, 2.45) is 0 Å². The van der Waals surface area contributed by atoms with Crippen LogP contribution in [0.2, 0.25) is 0 Å². The van der Waals surface area contributed by atoms with E-state index in [1.165, 1.54) is 76.8 Å². The molecule has 0 radical (unpaired) electrons. The van der Waals surface area contributed by atoms with Gasteiger partial charge < -0.3 is 13.9 Å². The lowest BCUT2D eigenvalue weighted by Crippen LogP contribution is -2.58. The van der Waals surface area contributed by atoms with Crippen molar-refractivity contribution in [2.75, 3.05) is 0 Å². The fourth-order valence-electron chi connectivity index (χ4n) is 8.41. The Balaban J connectivity index is 1.42. The Morgan fingerprint density at radius 3 is 2.00 bits per heavy atom. The van der Waals surface area contributed by atoms with Gasteiger partial charge in [0.15, 0.2) is 0 Å². The topological polar surface area (TPSA) is 19.1 Å². The molecule has 3 nitrogen and oxygen atoms in total. The van der Waals surface area contributed by atoms with E-state index in [2.05, 4.69) is 161 Å². The van der Waals surface area contributed by atoms with Crippen molar-refractivity contribution in [1.82, 2.24) is 9.13 Å². The van der Waals surface area contributed by atoms with E-state index in [-0.39, 0.29) is 6.71 Å². The average molecular weight is 584 g/mol. The second-order valence-corrected chi connectivity index (χ2v) is 12.4. The van der Waals surface area contributed by atoms with Gasteiger partial charge >= 0.3 is 0 Å². The number of benzene rings is 7. The minimum absolute atomic E-state index is 0.102. The standard InChI is InChI=1S/C42H25BN2O/c1-3-13-26(14-4-1)38-41-30(28-17-7-9-21-34(28)44(41)27-15-5-2-6-16-27)25-31-29-18-11-20-33-40(29)45(42(31)38)35-22-12-24-37-39(35)43(33)32-19-8-10-23-36(32)46-37/h1-25H. The number of hydrogen-bond donors (Lipinski definition) is 0. The van der Waals surface area contributed by atoms with Gasteiger partial charge in [0.05, 0.1) is 16.6 Å². The third kappa shape index (κ3) is 2.99. The molecule has 0 unspecified atom stereocenters. The van der Waals surface area contributed by atoms with Crippen molar-refractivity contribution < 1.29 is 4.74 Å². The number of aromatic nitrogens is 2. The summed E-state index contributed by atoms with van der Waals surface area (Å²) in [5.74, 6) is 1.88. The molecule has 2 aromatic heterocycles. The molecule has 0 aliphatic carbocycles. The number of fused-ring (bicyclic) bond motifs is 10. The normalized spacial score (nSPS) is 12.9. The fraction of sp³-hybridized carbons (Fsp3) is 0. The molecule has 11 rings (SSSR count). The molecule has 0 N–H and O–H groups in total. The Morgan fingerprint density at radius 1 is 0.457 bits per heavy atom. The Labute approximate surface area is 265 Å². The highest BCUT2D eigenvalue weighted by Crippen LogP contribution is 2.47. The van der Waals surface area contributed by atoms with Gasteiger partial charge in [-0.3, -0.25) is 0 Å². The molecule has 2 aliphatic heterocycles. The first kappa shape index (κ1) is 24.3. The van der Waals surface area contributed by atoms with Crippen molar-refractivity contribution in [3.63, 3.8) is 0 Å². The first-order chi connectivity index (χ1) is 22.9. The highest BCUT2D eigenvalue weighted by atomic mass is 16.5. The van der Waals surface area contributed by atoms with Crippen LogP contribution in [-0.4, -0.2) is 15.8 Å². The van der Waals surface area contributed by atoms with Gasteiger partial charge in [0.25, 0.3) is 6.71 Å². The van der Waals surface area contributed by atoms with Crippen LogP contribution in [0.15, 0.2) is 152 Å². The maximum atomic E-state index is 6.61. The Morgan fingerprint density at radius 2 is 1.11 bits per heavy atom. The van der Waals surface area contributed by atoms with E-state index in [4.69, 9.17) is 4.74 Å². The molecule has 0 fully saturated rings. The highest BCUT2D eigenvalue weighted by Gasteiger charge is 2.40. The summed E-state index contributed by atoms with van der Waals surface area (Å²) in [6.45, 7) is 0.102. The Bertz CT molecular complexity index is 2720. The van der Waals surface area contributed by atoms with E-state index in [9.17, 15) is 0 Å². The third-order valence-corrected chi connectivity index (χ3v) is 10.1. The fourth-order valence-corrected chi connectivity index (χ4v) is 8.41. The summed E-state index contributed by atoms with van der Waals surface area (Å²) in [6, 6.07) is 55.0. The summed E-state index contributed by atoms with van der Waals surface area (Å²) in [6.07, 6.45) is 0. The average Bonchev–Trinajstić information content (AvgIpc) is 3.63. The minimum atomic E-state index is 0.102. The second kappa shape index (κ2) is 8.80. The highest BCUT2D eigenvalue weighted by molar-refractivity contribution is 6.99. The number of rotatable bonds is 2. The van der Waals surface area contributed by atoms with Crippen LogP contribution in [0.5, 0.6) is 11.5 Å². The summed E-state index contributed by atoms with van der Waals surface area (Å²) in [5, 5.41) is 5.07. The zero-order valence-corrected chi connectivity index (χ0v) is 24.8. The smallest absolute Gasteiger partial charge is 0.256 e. The predicted molar refractivity (Wildman–Crippen MR) is 192 cm³/mol. The van der Waals surface area contributed by atoms with Crippen molar-refractivity contribution >= 4 is 66.7 Å². The maximum absolute atomic E-state index is 6.61. The molecule has 212 valence electrons. The van der Waals surface area contributed by atoms with Crippen LogP contribution in [0.25, 0.3) is 66.1 Å². The van der Waals surface area contributed by atoms with Gasteiger partial charge in [0.1, 0.15) is 11.5 Å². The lowest BCUT2D eigenvalue weighted by molar-refractivity contribution is 0.487. The van der Waals surface area contributed by atoms with Crippen molar-refractivity contribution in [2.45, 2.75) is 0 Å². The third-order valence-electron chi connectivity index (χ3n) is 10.1. The largest absolute Gasteiger partial charge is 0.458 e. The maximum Gasteiger partial charge on any atom is 0.256 e. The van der Waals surface area contributed by atoms with Gasteiger partial charge in [0, 0.05) is 44.0 Å². The van der Waals surface area contributed by atoms with Crippen molar-refractivity contribution in [1.29, 1.82) is 0 Å². The molecule has 9 aromatic rings. The van der Waals surface area contributed by atoms with Gasteiger partial charge in [-0.1, -0.05) is 109 Å². The quantitative estimate of drug-likeness (QED) is 0.187. The number of nitrogens with zero attached hydrogens (tertiary/aromatic N) is 2. The summed E-state index contributed by atoms with van der Waals surface area (Å²) < 4.78 is 11.6. The summed E-state index contributed by atoms with van der Waals surface area (Å²) in [7, 11) is 0. The van der Waals surface area contributed by atoms with E-state index in [0.29, 0.717) is 0 Å². The molecule has 0 saturated carbocycles. The molecule has 0 amide bonds. The number of hydrogen-bond acceptors (Lipinski definition) is 1. The molecule has 7 aromatic carbocycles. The monoisotopic (exact) mass is 584 g/mol.